The van der Waals surface area contributed by atoms with Gasteiger partial charge < -0.3 is 14.7 Å². The van der Waals surface area contributed by atoms with Gasteiger partial charge in [0.05, 0.1) is 36.8 Å². The summed E-state index contributed by atoms with van der Waals surface area (Å²) in [5.74, 6) is 0.500. The SMILES string of the molecule is COc1nc(-c2ccc(-c3ncc(N(C4CC4)[C@@H]4C[C@H]5CCC[C@H](C5)[C@@H]4F)nn3)c(O)c2)cnc1C(F)(F)F. The molecule has 3 fully saturated rings. The lowest BCUT2D eigenvalue weighted by molar-refractivity contribution is -0.142. The zero-order chi connectivity index (χ0) is 27.3. The second kappa shape index (κ2) is 9.87. The van der Waals surface area contributed by atoms with E-state index >= 15 is 4.39 Å². The Kier molecular flexibility index (Phi) is 6.50. The van der Waals surface area contributed by atoms with Crippen molar-refractivity contribution < 1.29 is 27.4 Å². The van der Waals surface area contributed by atoms with E-state index in [-0.39, 0.29) is 40.8 Å². The van der Waals surface area contributed by atoms with Gasteiger partial charge in [0.2, 0.25) is 11.6 Å². The Morgan fingerprint density at radius 2 is 1.85 bits per heavy atom. The summed E-state index contributed by atoms with van der Waals surface area (Å²) in [5, 5.41) is 19.3. The second-order valence-corrected chi connectivity index (χ2v) is 10.7. The van der Waals surface area contributed by atoms with Gasteiger partial charge >= 0.3 is 6.18 Å². The van der Waals surface area contributed by atoms with Gasteiger partial charge in [-0.2, -0.15) is 13.2 Å². The summed E-state index contributed by atoms with van der Waals surface area (Å²) < 4.78 is 59.6. The van der Waals surface area contributed by atoms with Crippen LogP contribution in [0.25, 0.3) is 22.6 Å². The molecule has 39 heavy (non-hydrogen) atoms. The third-order valence-electron chi connectivity index (χ3n) is 8.06. The van der Waals surface area contributed by atoms with E-state index < -0.39 is 23.9 Å². The Morgan fingerprint density at radius 3 is 2.51 bits per heavy atom. The third-order valence-corrected chi connectivity index (χ3v) is 8.06. The first kappa shape index (κ1) is 25.7. The molecule has 0 radical (unpaired) electrons. The molecule has 3 aliphatic rings. The second-order valence-electron chi connectivity index (χ2n) is 10.7. The highest BCUT2D eigenvalue weighted by Crippen LogP contribution is 2.46. The van der Waals surface area contributed by atoms with Gasteiger partial charge in [0.1, 0.15) is 11.9 Å². The Balaban J connectivity index is 1.24. The number of aromatic hydroxyl groups is 1. The van der Waals surface area contributed by atoms with Gasteiger partial charge in [-0.1, -0.05) is 18.9 Å². The molecule has 3 saturated carbocycles. The maximum Gasteiger partial charge on any atom is 0.438 e. The van der Waals surface area contributed by atoms with Gasteiger partial charge in [0, 0.05) is 11.6 Å². The number of anilines is 1. The number of phenols is 1. The molecule has 12 heteroatoms. The lowest BCUT2D eigenvalue weighted by Gasteiger charge is -2.46. The van der Waals surface area contributed by atoms with Crippen LogP contribution in [-0.4, -0.2) is 55.6 Å². The number of aromatic nitrogens is 5. The van der Waals surface area contributed by atoms with Gasteiger partial charge in [0.15, 0.2) is 11.6 Å². The average Bonchev–Trinajstić information content (AvgIpc) is 3.76. The van der Waals surface area contributed by atoms with E-state index in [1.54, 1.807) is 12.3 Å². The predicted molar refractivity (Wildman–Crippen MR) is 134 cm³/mol. The smallest absolute Gasteiger partial charge is 0.438 e. The van der Waals surface area contributed by atoms with Gasteiger partial charge in [-0.25, -0.2) is 19.3 Å². The molecule has 4 atom stereocenters. The average molecular weight is 545 g/mol. The lowest BCUT2D eigenvalue weighted by Crippen LogP contribution is -2.52. The van der Waals surface area contributed by atoms with Crippen LogP contribution < -0.4 is 9.64 Å². The molecular weight excluding hydrogens is 516 g/mol. The zero-order valence-electron chi connectivity index (χ0n) is 21.3. The number of ether oxygens (including phenoxy) is 1. The summed E-state index contributed by atoms with van der Waals surface area (Å²) in [4.78, 5) is 13.9. The third kappa shape index (κ3) is 4.96. The highest BCUT2D eigenvalue weighted by Gasteiger charge is 2.47. The molecule has 206 valence electrons. The van der Waals surface area contributed by atoms with E-state index in [1.807, 2.05) is 0 Å². The van der Waals surface area contributed by atoms with Crippen LogP contribution in [0.4, 0.5) is 23.4 Å². The molecule has 0 saturated heterocycles. The molecule has 0 spiro atoms. The molecular formula is C27H28F4N6O2. The molecule has 1 N–H and O–H groups in total. The number of hydrogen-bond acceptors (Lipinski definition) is 8. The maximum absolute atomic E-state index is 15.5. The minimum Gasteiger partial charge on any atom is -0.507 e. The van der Waals surface area contributed by atoms with Crippen molar-refractivity contribution >= 4 is 5.82 Å². The Labute approximate surface area is 222 Å². The molecule has 8 nitrogen and oxygen atoms in total. The number of hydrogen-bond donors (Lipinski definition) is 1. The summed E-state index contributed by atoms with van der Waals surface area (Å²) in [6.07, 6.45) is 3.90. The van der Waals surface area contributed by atoms with Gasteiger partial charge in [-0.15, -0.1) is 10.2 Å². The fourth-order valence-corrected chi connectivity index (χ4v) is 6.11. The van der Waals surface area contributed by atoms with Crippen LogP contribution in [0, 0.1) is 11.8 Å². The van der Waals surface area contributed by atoms with E-state index in [0.717, 1.165) is 58.3 Å². The summed E-state index contributed by atoms with van der Waals surface area (Å²) in [7, 11) is 1.08. The van der Waals surface area contributed by atoms with E-state index in [4.69, 9.17) is 4.74 Å². The minimum absolute atomic E-state index is 0.0918. The molecule has 0 unspecified atom stereocenters. The van der Waals surface area contributed by atoms with E-state index in [9.17, 15) is 18.3 Å². The molecule has 0 amide bonds. The standard InChI is InChI=1S/C27H28F4N6O2/c1-39-26-24(27(29,30)31)32-12-19(34-26)15-5-8-18(21(38)11-15)25-33-13-22(35-36-25)37(17-6-7-17)20-10-14-3-2-4-16(9-14)23(20)28/h5,8,11-14,16-17,20,23,38H,2-4,6-7,9-10H2,1H3/t14-,16+,20+,23-/m0/s1. The summed E-state index contributed by atoms with van der Waals surface area (Å²) >= 11 is 0. The quantitative estimate of drug-likeness (QED) is 0.400. The molecule has 3 aromatic rings. The van der Waals surface area contributed by atoms with Crippen LogP contribution in [0.2, 0.25) is 0 Å². The molecule has 1 aromatic carbocycles. The van der Waals surface area contributed by atoms with E-state index in [1.165, 1.54) is 12.1 Å². The number of phenolic OH excluding ortho intramolecular Hbond substituents is 1. The topological polar surface area (TPSA) is 97.2 Å². The number of rotatable bonds is 6. The summed E-state index contributed by atoms with van der Waals surface area (Å²) in [6, 6.07) is 4.45. The Morgan fingerprint density at radius 1 is 1.03 bits per heavy atom. The molecule has 3 aliphatic carbocycles. The number of alkyl halides is 4. The first-order chi connectivity index (χ1) is 18.7. The van der Waals surface area contributed by atoms with Crippen LogP contribution in [0.5, 0.6) is 11.6 Å². The molecule has 2 aromatic heterocycles. The Hall–Kier alpha value is -3.57. The fraction of sp³-hybridized carbons (Fsp3) is 0.519. The normalized spacial score (nSPS) is 24.8. The first-order valence-electron chi connectivity index (χ1n) is 13.2. The van der Waals surface area contributed by atoms with Crippen molar-refractivity contribution in [2.45, 2.75) is 69.4 Å². The predicted octanol–water partition coefficient (Wildman–Crippen LogP) is 5.61. The summed E-state index contributed by atoms with van der Waals surface area (Å²) in [6.45, 7) is 0. The van der Waals surface area contributed by atoms with Crippen molar-refractivity contribution in [3.63, 3.8) is 0 Å². The number of benzene rings is 1. The highest BCUT2D eigenvalue weighted by molar-refractivity contribution is 5.71. The zero-order valence-corrected chi connectivity index (χ0v) is 21.3. The van der Waals surface area contributed by atoms with Crippen molar-refractivity contribution in [3.05, 3.63) is 36.3 Å². The van der Waals surface area contributed by atoms with Crippen molar-refractivity contribution in [1.29, 1.82) is 0 Å². The van der Waals surface area contributed by atoms with Crippen LogP contribution in [0.3, 0.4) is 0 Å². The van der Waals surface area contributed by atoms with Crippen LogP contribution in [-0.2, 0) is 6.18 Å². The number of methoxy groups -OCH3 is 1. The number of halogens is 4. The van der Waals surface area contributed by atoms with E-state index in [2.05, 4.69) is 30.0 Å². The number of fused-ring (bicyclic) bond motifs is 2. The fourth-order valence-electron chi connectivity index (χ4n) is 6.11. The molecule has 2 heterocycles. The Bertz CT molecular complexity index is 1350. The van der Waals surface area contributed by atoms with E-state index in [0.29, 0.717) is 17.3 Å². The van der Waals surface area contributed by atoms with Gasteiger partial charge in [-0.05, 0) is 56.1 Å². The van der Waals surface area contributed by atoms with Crippen LogP contribution in [0.15, 0.2) is 30.6 Å². The molecule has 2 bridgehead atoms. The largest absolute Gasteiger partial charge is 0.507 e. The first-order valence-corrected chi connectivity index (χ1v) is 13.2. The van der Waals surface area contributed by atoms with Crippen molar-refractivity contribution in [2.24, 2.45) is 11.8 Å². The molecule has 0 aliphatic heterocycles. The van der Waals surface area contributed by atoms with Gasteiger partial charge in [-0.3, -0.25) is 0 Å². The number of nitrogens with zero attached hydrogens (tertiary/aromatic N) is 6. The lowest BCUT2D eigenvalue weighted by atomic mass is 9.69. The van der Waals surface area contributed by atoms with Crippen LogP contribution >= 0.6 is 0 Å². The monoisotopic (exact) mass is 544 g/mol. The maximum atomic E-state index is 15.5. The highest BCUT2D eigenvalue weighted by atomic mass is 19.4. The minimum atomic E-state index is -4.71. The van der Waals surface area contributed by atoms with Crippen molar-refractivity contribution in [3.8, 4) is 34.3 Å². The van der Waals surface area contributed by atoms with Crippen molar-refractivity contribution in [1.82, 2.24) is 25.1 Å². The van der Waals surface area contributed by atoms with Crippen LogP contribution in [0.1, 0.15) is 50.6 Å². The van der Waals surface area contributed by atoms with Crippen molar-refractivity contribution in [2.75, 3.05) is 12.0 Å². The van der Waals surface area contributed by atoms with Gasteiger partial charge in [0.25, 0.3) is 0 Å². The molecule has 6 rings (SSSR count). The summed E-state index contributed by atoms with van der Waals surface area (Å²) in [5.41, 5.74) is -0.519.